The molecule has 8 nitrogen and oxygen atoms in total. The topological polar surface area (TPSA) is 99.4 Å². The molecule has 0 spiro atoms. The van der Waals surface area contributed by atoms with Gasteiger partial charge in [-0.25, -0.2) is 14.2 Å². The minimum absolute atomic E-state index is 0.273. The minimum Gasteiger partial charge on any atom is -0.490 e. The van der Waals surface area contributed by atoms with E-state index in [1.165, 1.54) is 6.07 Å². The number of pyridine rings is 3. The fraction of sp³-hybridized carbons (Fsp3) is 0.314. The van der Waals surface area contributed by atoms with Crippen molar-refractivity contribution >= 4 is 17.0 Å². The number of carboxylic acids is 1. The normalized spacial score (nSPS) is 13.9. The van der Waals surface area contributed by atoms with Gasteiger partial charge in [0.1, 0.15) is 5.65 Å². The smallest absolute Gasteiger partial charge is 0.337 e. The van der Waals surface area contributed by atoms with Gasteiger partial charge in [0.05, 0.1) is 23.6 Å². The second-order valence-electron chi connectivity index (χ2n) is 12.2. The van der Waals surface area contributed by atoms with Crippen molar-refractivity contribution in [3.8, 4) is 39.4 Å². The highest BCUT2D eigenvalue weighted by Gasteiger charge is 2.34. The molecule has 0 saturated carbocycles. The molecule has 1 aromatic carbocycles. The molecule has 5 heterocycles. The number of hydrogen-bond donors (Lipinski definition) is 1. The van der Waals surface area contributed by atoms with Crippen LogP contribution >= 0.6 is 0 Å². The molecule has 0 aliphatic carbocycles. The Labute approximate surface area is 255 Å². The van der Waals surface area contributed by atoms with Crippen LogP contribution in [0.15, 0.2) is 55.0 Å². The van der Waals surface area contributed by atoms with Crippen LogP contribution in [0.4, 0.5) is 4.39 Å². The first-order valence-electron chi connectivity index (χ1n) is 14.7. The number of rotatable bonds is 6. The third kappa shape index (κ3) is 5.21. The van der Waals surface area contributed by atoms with Gasteiger partial charge >= 0.3 is 5.97 Å². The minimum atomic E-state index is -1.33. The summed E-state index contributed by atoms with van der Waals surface area (Å²) in [6.07, 6.45) is 5.34. The molecular formula is C35H35FN4O4. The maximum Gasteiger partial charge on any atom is 0.337 e. The summed E-state index contributed by atoms with van der Waals surface area (Å²) in [6, 6.07) is 11.2. The van der Waals surface area contributed by atoms with Gasteiger partial charge in [-0.15, -0.1) is 0 Å². The molecule has 4 aromatic heterocycles. The second-order valence-corrected chi connectivity index (χ2v) is 12.2. The van der Waals surface area contributed by atoms with E-state index in [-0.39, 0.29) is 5.75 Å². The van der Waals surface area contributed by atoms with Crippen molar-refractivity contribution in [3.63, 3.8) is 0 Å². The zero-order valence-corrected chi connectivity index (χ0v) is 25.7. The number of hydrogen-bond acceptors (Lipinski definition) is 6. The van der Waals surface area contributed by atoms with E-state index in [1.54, 1.807) is 25.5 Å². The van der Waals surface area contributed by atoms with Crippen LogP contribution in [0.25, 0.3) is 44.7 Å². The SMILES string of the molecule is Cc1nc2c(cc(-c3ccnc(-c4cccnc4)c3)n2C)c(-c2cc(F)c3c(c2C)CCCO3)c1C(OC(C)(C)C)C(=O)O. The number of ether oxygens (including phenoxy) is 2. The van der Waals surface area contributed by atoms with Gasteiger partial charge in [0.25, 0.3) is 0 Å². The van der Waals surface area contributed by atoms with Crippen LogP contribution in [0.1, 0.15) is 55.7 Å². The summed E-state index contributed by atoms with van der Waals surface area (Å²) in [6.45, 7) is 9.63. The van der Waals surface area contributed by atoms with Crippen LogP contribution in [-0.2, 0) is 23.0 Å². The predicted molar refractivity (Wildman–Crippen MR) is 167 cm³/mol. The maximum atomic E-state index is 15.7. The number of carboxylic acid groups (broad SMARTS) is 1. The van der Waals surface area contributed by atoms with E-state index in [4.69, 9.17) is 14.5 Å². The molecule has 9 heteroatoms. The summed E-state index contributed by atoms with van der Waals surface area (Å²) in [4.78, 5) is 26.6. The van der Waals surface area contributed by atoms with Crippen LogP contribution in [0, 0.1) is 19.7 Å². The third-order valence-electron chi connectivity index (χ3n) is 8.08. The number of aryl methyl sites for hydroxylation is 2. The zero-order chi connectivity index (χ0) is 31.3. The van der Waals surface area contributed by atoms with Crippen molar-refractivity contribution in [2.45, 2.75) is 59.2 Å². The van der Waals surface area contributed by atoms with E-state index in [0.717, 1.165) is 40.1 Å². The molecule has 6 rings (SSSR count). The van der Waals surface area contributed by atoms with Crippen LogP contribution in [0.3, 0.4) is 0 Å². The van der Waals surface area contributed by atoms with Gasteiger partial charge in [0.15, 0.2) is 17.7 Å². The van der Waals surface area contributed by atoms with Crippen molar-refractivity contribution in [1.82, 2.24) is 19.5 Å². The van der Waals surface area contributed by atoms with Gasteiger partial charge in [-0.2, -0.15) is 0 Å². The van der Waals surface area contributed by atoms with Crippen LogP contribution in [0.2, 0.25) is 0 Å². The van der Waals surface area contributed by atoms with Crippen LogP contribution in [-0.4, -0.2) is 42.8 Å². The first-order chi connectivity index (χ1) is 20.9. The van der Waals surface area contributed by atoms with Gasteiger partial charge in [0.2, 0.25) is 0 Å². The molecule has 44 heavy (non-hydrogen) atoms. The number of carbonyl (C=O) groups is 1. The predicted octanol–water partition coefficient (Wildman–Crippen LogP) is 7.39. The second kappa shape index (κ2) is 11.1. The summed E-state index contributed by atoms with van der Waals surface area (Å²) in [5, 5.41) is 11.2. The average Bonchev–Trinajstić information content (AvgIpc) is 3.33. The molecule has 226 valence electrons. The molecule has 1 unspecified atom stereocenters. The highest BCUT2D eigenvalue weighted by atomic mass is 19.1. The lowest BCUT2D eigenvalue weighted by Gasteiger charge is -2.29. The van der Waals surface area contributed by atoms with Gasteiger partial charge in [-0.1, -0.05) is 0 Å². The van der Waals surface area contributed by atoms with Gasteiger partial charge in [0, 0.05) is 64.5 Å². The fourth-order valence-electron chi connectivity index (χ4n) is 6.11. The molecule has 0 saturated heterocycles. The van der Waals surface area contributed by atoms with Crippen molar-refractivity contribution in [2.24, 2.45) is 7.05 Å². The number of aliphatic carboxylic acids is 1. The molecule has 1 aliphatic rings. The van der Waals surface area contributed by atoms with Crippen molar-refractivity contribution in [2.75, 3.05) is 6.61 Å². The van der Waals surface area contributed by atoms with Crippen molar-refractivity contribution in [3.05, 3.63) is 83.2 Å². The quantitative estimate of drug-likeness (QED) is 0.219. The van der Waals surface area contributed by atoms with Gasteiger partial charge < -0.3 is 19.1 Å². The molecule has 0 bridgehead atoms. The number of halogens is 1. The Morgan fingerprint density at radius 2 is 1.93 bits per heavy atom. The molecule has 0 radical (unpaired) electrons. The van der Waals surface area contributed by atoms with Gasteiger partial charge in [-0.3, -0.25) is 9.97 Å². The molecule has 1 N–H and O–H groups in total. The first kappa shape index (κ1) is 29.4. The molecule has 5 aromatic rings. The Bertz CT molecular complexity index is 1910. The molecule has 0 fully saturated rings. The molecule has 0 amide bonds. The maximum absolute atomic E-state index is 15.7. The van der Waals surface area contributed by atoms with E-state index in [2.05, 4.69) is 9.97 Å². The Morgan fingerprint density at radius 3 is 2.64 bits per heavy atom. The monoisotopic (exact) mass is 594 g/mol. The number of fused-ring (bicyclic) bond motifs is 2. The third-order valence-corrected chi connectivity index (χ3v) is 8.08. The Kier molecular flexibility index (Phi) is 7.45. The van der Waals surface area contributed by atoms with Gasteiger partial charge in [-0.05, 0) is 95.0 Å². The zero-order valence-electron chi connectivity index (χ0n) is 25.7. The standard InChI is InChI=1S/C35H35FN4O4/c1-19-23-10-8-14-43-31(23)26(36)16-24(19)30-25-17-28(21-11-13-38-27(15-21)22-9-7-12-37-18-22)40(6)33(25)39-20(2)29(30)32(34(41)42)44-35(3,4)5/h7,9,11-13,15-18,32H,8,10,14H2,1-6H3,(H,41,42). The summed E-state index contributed by atoms with van der Waals surface area (Å²) in [5.41, 5.74) is 7.02. The van der Waals surface area contributed by atoms with E-state index < -0.39 is 23.5 Å². The fourth-order valence-corrected chi connectivity index (χ4v) is 6.11. The highest BCUT2D eigenvalue weighted by molar-refractivity contribution is 6.01. The molecular weight excluding hydrogens is 559 g/mol. The molecule has 1 atom stereocenters. The Balaban J connectivity index is 1.67. The van der Waals surface area contributed by atoms with E-state index in [9.17, 15) is 9.90 Å². The first-order valence-corrected chi connectivity index (χ1v) is 14.7. The Hall–Kier alpha value is -4.63. The lowest BCUT2D eigenvalue weighted by atomic mass is 9.86. The summed E-state index contributed by atoms with van der Waals surface area (Å²) >= 11 is 0. The lowest BCUT2D eigenvalue weighted by Crippen LogP contribution is -2.28. The van der Waals surface area contributed by atoms with Crippen LogP contribution < -0.4 is 4.74 Å². The van der Waals surface area contributed by atoms with Crippen molar-refractivity contribution in [1.29, 1.82) is 0 Å². The average molecular weight is 595 g/mol. The van der Waals surface area contributed by atoms with E-state index in [0.29, 0.717) is 46.4 Å². The molecule has 1 aliphatic heterocycles. The summed E-state index contributed by atoms with van der Waals surface area (Å²) in [5.74, 6) is -1.34. The largest absolute Gasteiger partial charge is 0.490 e. The summed E-state index contributed by atoms with van der Waals surface area (Å²) in [7, 11) is 1.92. The van der Waals surface area contributed by atoms with Crippen LogP contribution in [0.5, 0.6) is 5.75 Å². The number of nitrogens with zero attached hydrogens (tertiary/aromatic N) is 4. The van der Waals surface area contributed by atoms with E-state index in [1.807, 2.05) is 69.6 Å². The number of aromatic nitrogens is 4. The summed E-state index contributed by atoms with van der Waals surface area (Å²) < 4.78 is 29.6. The number of benzene rings is 1. The highest BCUT2D eigenvalue weighted by Crippen LogP contribution is 2.45. The van der Waals surface area contributed by atoms with E-state index >= 15 is 4.39 Å². The Morgan fingerprint density at radius 1 is 1.14 bits per heavy atom. The van der Waals surface area contributed by atoms with Crippen molar-refractivity contribution < 1.29 is 23.8 Å². The lowest BCUT2D eigenvalue weighted by molar-refractivity contribution is -0.160.